The summed E-state index contributed by atoms with van der Waals surface area (Å²) in [4.78, 5) is 0. The Hall–Kier alpha value is -0.290. The van der Waals surface area contributed by atoms with Gasteiger partial charge in [0.1, 0.15) is 0 Å². The van der Waals surface area contributed by atoms with Gasteiger partial charge >= 0.3 is 0 Å². The van der Waals surface area contributed by atoms with E-state index in [1.54, 1.807) is 18.2 Å². The van der Waals surface area contributed by atoms with Gasteiger partial charge in [-0.3, -0.25) is 0 Å². The van der Waals surface area contributed by atoms with Crippen molar-refractivity contribution in [3.63, 3.8) is 0 Å². The summed E-state index contributed by atoms with van der Waals surface area (Å²) < 4.78 is 1.18. The maximum absolute atomic E-state index is 10.2. The third-order valence-electron chi connectivity index (χ3n) is 2.66. The maximum Gasteiger partial charge on any atom is 0.0844 e. The van der Waals surface area contributed by atoms with Crippen LogP contribution in [-0.4, -0.2) is 5.11 Å². The molecule has 0 saturated carbocycles. The number of aliphatic hydroxyl groups excluding tert-OH is 1. The fraction of sp³-hybridized carbons (Fsp3) is 0.143. The van der Waals surface area contributed by atoms with Crippen molar-refractivity contribution in [2.75, 3.05) is 0 Å². The van der Waals surface area contributed by atoms with Crippen LogP contribution >= 0.6 is 45.8 Å². The molecule has 0 spiro atoms. The van der Waals surface area contributed by atoms with Crippen LogP contribution in [0.5, 0.6) is 0 Å². The average molecular weight is 393 g/mol. The first-order chi connectivity index (χ1) is 8.56. The lowest BCUT2D eigenvalue weighted by Crippen LogP contribution is -2.02. The van der Waals surface area contributed by atoms with Crippen LogP contribution in [-0.2, 0) is 6.42 Å². The molecule has 0 aromatic heterocycles. The van der Waals surface area contributed by atoms with Crippen molar-refractivity contribution in [3.05, 3.63) is 67.2 Å². The molecule has 2 rings (SSSR count). The summed E-state index contributed by atoms with van der Waals surface area (Å²) in [6, 6.07) is 13.2. The van der Waals surface area contributed by atoms with Crippen LogP contribution in [0.4, 0.5) is 0 Å². The minimum atomic E-state index is -0.616. The highest BCUT2D eigenvalue weighted by Crippen LogP contribution is 2.28. The molecule has 0 aliphatic rings. The zero-order chi connectivity index (χ0) is 13.1. The first-order valence-electron chi connectivity index (χ1n) is 5.44. The van der Waals surface area contributed by atoms with E-state index in [9.17, 15) is 5.11 Å². The minimum absolute atomic E-state index is 0.500. The van der Waals surface area contributed by atoms with E-state index in [0.717, 1.165) is 5.56 Å². The Morgan fingerprint density at radius 1 is 1.06 bits per heavy atom. The smallest absolute Gasteiger partial charge is 0.0844 e. The molecule has 0 heterocycles. The van der Waals surface area contributed by atoms with E-state index < -0.39 is 6.10 Å². The fourth-order valence-corrected chi connectivity index (χ4v) is 2.62. The summed E-state index contributed by atoms with van der Waals surface area (Å²) in [7, 11) is 0. The molecule has 0 bridgehead atoms. The normalized spacial score (nSPS) is 12.4. The average Bonchev–Trinajstić information content (AvgIpc) is 2.32. The molecule has 2 aromatic rings. The van der Waals surface area contributed by atoms with Gasteiger partial charge < -0.3 is 5.11 Å². The SMILES string of the molecule is OC(Cc1ccc(I)cc1)c1ccc(Cl)cc1Cl. The molecule has 0 radical (unpaired) electrons. The van der Waals surface area contributed by atoms with Crippen molar-refractivity contribution in [2.45, 2.75) is 12.5 Å². The van der Waals surface area contributed by atoms with Gasteiger partial charge in [-0.1, -0.05) is 41.4 Å². The van der Waals surface area contributed by atoms with Crippen LogP contribution in [0.15, 0.2) is 42.5 Å². The lowest BCUT2D eigenvalue weighted by atomic mass is 10.0. The Morgan fingerprint density at radius 3 is 2.33 bits per heavy atom. The van der Waals surface area contributed by atoms with Gasteiger partial charge in [0.2, 0.25) is 0 Å². The number of halogens is 3. The Morgan fingerprint density at radius 2 is 1.72 bits per heavy atom. The number of hydrogen-bond donors (Lipinski definition) is 1. The molecule has 2 aromatic carbocycles. The quantitative estimate of drug-likeness (QED) is 0.738. The molecular formula is C14H11Cl2IO. The first kappa shape index (κ1) is 14.1. The lowest BCUT2D eigenvalue weighted by Gasteiger charge is -2.13. The molecule has 4 heteroatoms. The summed E-state index contributed by atoms with van der Waals surface area (Å²) in [6.45, 7) is 0. The molecule has 0 amide bonds. The summed E-state index contributed by atoms with van der Waals surface area (Å²) in [5.74, 6) is 0. The van der Waals surface area contributed by atoms with Crippen LogP contribution in [0.3, 0.4) is 0 Å². The molecule has 0 saturated heterocycles. The maximum atomic E-state index is 10.2. The van der Waals surface area contributed by atoms with Crippen LogP contribution in [0.25, 0.3) is 0 Å². The topological polar surface area (TPSA) is 20.2 Å². The Balaban J connectivity index is 2.16. The molecule has 94 valence electrons. The standard InChI is InChI=1S/C14H11Cl2IO/c15-10-3-6-12(13(16)8-10)14(18)7-9-1-4-11(17)5-2-9/h1-6,8,14,18H,7H2. The molecular weight excluding hydrogens is 382 g/mol. The van der Waals surface area contributed by atoms with E-state index in [1.165, 1.54) is 3.57 Å². The van der Waals surface area contributed by atoms with Crippen molar-refractivity contribution in [3.8, 4) is 0 Å². The second kappa shape index (κ2) is 6.24. The van der Waals surface area contributed by atoms with Crippen molar-refractivity contribution in [1.82, 2.24) is 0 Å². The van der Waals surface area contributed by atoms with Crippen LogP contribution in [0, 0.1) is 3.57 Å². The predicted molar refractivity (Wildman–Crippen MR) is 84.3 cm³/mol. The van der Waals surface area contributed by atoms with E-state index in [2.05, 4.69) is 22.6 Å². The molecule has 0 fully saturated rings. The number of aliphatic hydroxyl groups is 1. The summed E-state index contributed by atoms with van der Waals surface area (Å²) >= 11 is 14.2. The summed E-state index contributed by atoms with van der Waals surface area (Å²) in [5.41, 5.74) is 1.79. The summed E-state index contributed by atoms with van der Waals surface area (Å²) in [5, 5.41) is 11.3. The number of rotatable bonds is 3. The predicted octanol–water partition coefficient (Wildman–Crippen LogP) is 4.87. The second-order valence-electron chi connectivity index (χ2n) is 4.01. The Labute approximate surface area is 130 Å². The third-order valence-corrected chi connectivity index (χ3v) is 3.95. The molecule has 1 N–H and O–H groups in total. The Kier molecular flexibility index (Phi) is 4.90. The van der Waals surface area contributed by atoms with Gasteiger partial charge in [-0.25, -0.2) is 0 Å². The van der Waals surface area contributed by atoms with E-state index in [4.69, 9.17) is 23.2 Å². The van der Waals surface area contributed by atoms with Crippen molar-refractivity contribution in [2.24, 2.45) is 0 Å². The second-order valence-corrected chi connectivity index (χ2v) is 6.10. The van der Waals surface area contributed by atoms with E-state index >= 15 is 0 Å². The van der Waals surface area contributed by atoms with Crippen molar-refractivity contribution >= 4 is 45.8 Å². The van der Waals surface area contributed by atoms with Crippen LogP contribution in [0.1, 0.15) is 17.2 Å². The fourth-order valence-electron chi connectivity index (χ4n) is 1.73. The molecule has 0 aliphatic carbocycles. The van der Waals surface area contributed by atoms with Crippen molar-refractivity contribution < 1.29 is 5.11 Å². The van der Waals surface area contributed by atoms with Gasteiger partial charge in [0, 0.05) is 20.0 Å². The molecule has 1 nitrogen and oxygen atoms in total. The minimum Gasteiger partial charge on any atom is -0.388 e. The van der Waals surface area contributed by atoms with Crippen molar-refractivity contribution in [1.29, 1.82) is 0 Å². The van der Waals surface area contributed by atoms with Crippen LogP contribution < -0.4 is 0 Å². The van der Waals surface area contributed by atoms with E-state index in [0.29, 0.717) is 22.0 Å². The van der Waals surface area contributed by atoms with Gasteiger partial charge in [-0.15, -0.1) is 0 Å². The van der Waals surface area contributed by atoms with Gasteiger partial charge in [0.05, 0.1) is 6.10 Å². The number of benzene rings is 2. The zero-order valence-corrected chi connectivity index (χ0v) is 13.1. The molecule has 18 heavy (non-hydrogen) atoms. The Bertz CT molecular complexity index is 540. The van der Waals surface area contributed by atoms with Gasteiger partial charge in [0.15, 0.2) is 0 Å². The largest absolute Gasteiger partial charge is 0.388 e. The molecule has 0 aliphatic heterocycles. The van der Waals surface area contributed by atoms with Gasteiger partial charge in [-0.2, -0.15) is 0 Å². The van der Waals surface area contributed by atoms with Gasteiger partial charge in [0.25, 0.3) is 0 Å². The highest BCUT2D eigenvalue weighted by atomic mass is 127. The monoisotopic (exact) mass is 392 g/mol. The van der Waals surface area contributed by atoms with E-state index in [-0.39, 0.29) is 0 Å². The van der Waals surface area contributed by atoms with E-state index in [1.807, 2.05) is 24.3 Å². The third kappa shape index (κ3) is 3.60. The highest BCUT2D eigenvalue weighted by Gasteiger charge is 2.12. The van der Waals surface area contributed by atoms with Gasteiger partial charge in [-0.05, 0) is 58.0 Å². The lowest BCUT2D eigenvalue weighted by molar-refractivity contribution is 0.178. The summed E-state index contributed by atoms with van der Waals surface area (Å²) in [6.07, 6.45) is -0.0759. The zero-order valence-electron chi connectivity index (χ0n) is 9.41. The molecule has 1 atom stereocenters. The van der Waals surface area contributed by atoms with Crippen LogP contribution in [0.2, 0.25) is 10.0 Å². The molecule has 1 unspecified atom stereocenters. The number of hydrogen-bond acceptors (Lipinski definition) is 1. The first-order valence-corrected chi connectivity index (χ1v) is 7.27. The highest BCUT2D eigenvalue weighted by molar-refractivity contribution is 14.1.